The van der Waals surface area contributed by atoms with Crippen LogP contribution in [0.15, 0.2) is 42.5 Å². The van der Waals surface area contributed by atoms with E-state index in [0.29, 0.717) is 23.6 Å². The third-order valence-corrected chi connectivity index (χ3v) is 4.63. The normalized spacial score (nSPS) is 11.1. The Kier molecular flexibility index (Phi) is 4.43. The van der Waals surface area contributed by atoms with E-state index >= 15 is 0 Å². The van der Waals surface area contributed by atoms with E-state index in [1.54, 1.807) is 15.4 Å². The van der Waals surface area contributed by atoms with Crippen LogP contribution >= 0.6 is 0 Å². The van der Waals surface area contributed by atoms with Gasteiger partial charge in [0.1, 0.15) is 5.82 Å². The average Bonchev–Trinajstić information content (AvgIpc) is 3.21. The number of nitrogens with one attached hydrogen (secondary N) is 1. The number of carbonyl (C=O) groups is 1. The van der Waals surface area contributed by atoms with E-state index in [1.165, 1.54) is 0 Å². The molecule has 0 saturated heterocycles. The van der Waals surface area contributed by atoms with Crippen LogP contribution in [-0.2, 0) is 6.54 Å². The maximum Gasteiger partial charge on any atom is 0.257 e. The van der Waals surface area contributed by atoms with Gasteiger partial charge in [-0.2, -0.15) is 10.2 Å². The van der Waals surface area contributed by atoms with Gasteiger partial charge in [0.15, 0.2) is 5.65 Å². The molecule has 0 saturated carbocycles. The summed E-state index contributed by atoms with van der Waals surface area (Å²) in [4.78, 5) is 17.8. The van der Waals surface area contributed by atoms with E-state index in [1.807, 2.05) is 64.1 Å². The molecule has 0 unspecified atom stereocenters. The number of benzene rings is 1. The number of para-hydroxylation sites is 1. The predicted molar refractivity (Wildman–Crippen MR) is 109 cm³/mol. The lowest BCUT2D eigenvalue weighted by Gasteiger charge is -2.09. The number of rotatable bonds is 4. The van der Waals surface area contributed by atoms with E-state index < -0.39 is 0 Å². The summed E-state index contributed by atoms with van der Waals surface area (Å²) in [6.45, 7) is 8.36. The number of hydrogen-bond acceptors (Lipinski definition) is 4. The van der Waals surface area contributed by atoms with Gasteiger partial charge in [0.2, 0.25) is 0 Å². The second-order valence-electron chi connectivity index (χ2n) is 6.78. The topological polar surface area (TPSA) is 77.6 Å². The number of anilines is 1. The van der Waals surface area contributed by atoms with Crippen LogP contribution < -0.4 is 5.32 Å². The Morgan fingerprint density at radius 2 is 1.79 bits per heavy atom. The highest BCUT2D eigenvalue weighted by Gasteiger charge is 2.20. The van der Waals surface area contributed by atoms with Crippen LogP contribution in [0.3, 0.4) is 0 Å². The number of hydrogen-bond donors (Lipinski definition) is 1. The SMILES string of the molecule is CCn1nc(C)cc1NC(=O)c1cc(C)nc2c1c(C)nn2-c1ccccc1. The van der Waals surface area contributed by atoms with E-state index in [9.17, 15) is 4.79 Å². The first-order valence-corrected chi connectivity index (χ1v) is 9.26. The van der Waals surface area contributed by atoms with E-state index in [0.717, 1.165) is 28.2 Å². The molecule has 0 radical (unpaired) electrons. The van der Waals surface area contributed by atoms with Crippen molar-refractivity contribution in [3.8, 4) is 5.69 Å². The minimum absolute atomic E-state index is 0.194. The summed E-state index contributed by atoms with van der Waals surface area (Å²) in [6.07, 6.45) is 0. The molecule has 0 bridgehead atoms. The lowest BCUT2D eigenvalue weighted by atomic mass is 10.1. The zero-order valence-corrected chi connectivity index (χ0v) is 16.4. The molecule has 0 aliphatic heterocycles. The predicted octanol–water partition coefficient (Wildman–Crippen LogP) is 3.81. The van der Waals surface area contributed by atoms with E-state index in [-0.39, 0.29) is 5.91 Å². The van der Waals surface area contributed by atoms with Crippen LogP contribution in [0, 0.1) is 20.8 Å². The zero-order valence-electron chi connectivity index (χ0n) is 16.4. The Hall–Kier alpha value is -3.48. The summed E-state index contributed by atoms with van der Waals surface area (Å²) in [5.74, 6) is 0.488. The van der Waals surface area contributed by atoms with Crippen molar-refractivity contribution in [2.45, 2.75) is 34.2 Å². The summed E-state index contributed by atoms with van der Waals surface area (Å²) in [7, 11) is 0. The molecule has 3 heterocycles. The highest BCUT2D eigenvalue weighted by molar-refractivity contribution is 6.12. The molecular weight excluding hydrogens is 352 g/mol. The number of amides is 1. The van der Waals surface area contributed by atoms with Gasteiger partial charge in [-0.15, -0.1) is 0 Å². The monoisotopic (exact) mass is 374 g/mol. The fraction of sp³-hybridized carbons (Fsp3) is 0.238. The Morgan fingerprint density at radius 1 is 1.04 bits per heavy atom. The van der Waals surface area contributed by atoms with Crippen molar-refractivity contribution in [2.75, 3.05) is 5.32 Å². The number of fused-ring (bicyclic) bond motifs is 1. The maximum atomic E-state index is 13.1. The molecule has 1 aromatic carbocycles. The van der Waals surface area contributed by atoms with Gasteiger partial charge in [-0.3, -0.25) is 4.79 Å². The van der Waals surface area contributed by atoms with Crippen molar-refractivity contribution >= 4 is 22.8 Å². The van der Waals surface area contributed by atoms with Gasteiger partial charge in [0.25, 0.3) is 5.91 Å². The van der Waals surface area contributed by atoms with Crippen LogP contribution in [0.25, 0.3) is 16.7 Å². The Bertz CT molecular complexity index is 1170. The fourth-order valence-electron chi connectivity index (χ4n) is 3.41. The summed E-state index contributed by atoms with van der Waals surface area (Å²) < 4.78 is 3.56. The van der Waals surface area contributed by atoms with Gasteiger partial charge in [-0.1, -0.05) is 18.2 Å². The van der Waals surface area contributed by atoms with Crippen LogP contribution in [0.2, 0.25) is 0 Å². The first kappa shape index (κ1) is 17.9. The van der Waals surface area contributed by atoms with Crippen molar-refractivity contribution in [1.82, 2.24) is 24.5 Å². The third-order valence-electron chi connectivity index (χ3n) is 4.63. The zero-order chi connectivity index (χ0) is 19.8. The van der Waals surface area contributed by atoms with Crippen LogP contribution in [0.4, 0.5) is 5.82 Å². The number of pyridine rings is 1. The van der Waals surface area contributed by atoms with Crippen molar-refractivity contribution in [3.05, 3.63) is 65.1 Å². The van der Waals surface area contributed by atoms with E-state index in [2.05, 4.69) is 20.5 Å². The molecule has 142 valence electrons. The molecule has 0 atom stereocenters. The summed E-state index contributed by atoms with van der Waals surface area (Å²) in [6, 6.07) is 13.5. The fourth-order valence-corrected chi connectivity index (χ4v) is 3.41. The first-order valence-electron chi connectivity index (χ1n) is 9.26. The quantitative estimate of drug-likeness (QED) is 0.589. The summed E-state index contributed by atoms with van der Waals surface area (Å²) >= 11 is 0. The largest absolute Gasteiger partial charge is 0.307 e. The average molecular weight is 374 g/mol. The number of aromatic nitrogens is 5. The van der Waals surface area contributed by atoms with Gasteiger partial charge >= 0.3 is 0 Å². The molecule has 1 N–H and O–H groups in total. The van der Waals surface area contributed by atoms with Crippen molar-refractivity contribution in [2.24, 2.45) is 0 Å². The molecule has 3 aromatic heterocycles. The minimum atomic E-state index is -0.194. The standard InChI is InChI=1S/C21H22N6O/c1-5-26-18(12-14(3)24-26)23-21(28)17-11-13(2)22-20-19(17)15(4)25-27(20)16-9-7-6-8-10-16/h6-12H,5H2,1-4H3,(H,23,28). The third kappa shape index (κ3) is 3.05. The molecule has 7 nitrogen and oxygen atoms in total. The Balaban J connectivity index is 1.83. The van der Waals surface area contributed by atoms with Crippen LogP contribution in [0.5, 0.6) is 0 Å². The molecule has 28 heavy (non-hydrogen) atoms. The second-order valence-corrected chi connectivity index (χ2v) is 6.78. The molecular formula is C21H22N6O. The minimum Gasteiger partial charge on any atom is -0.307 e. The number of nitrogens with zero attached hydrogens (tertiary/aromatic N) is 5. The van der Waals surface area contributed by atoms with Gasteiger partial charge in [0.05, 0.1) is 28.0 Å². The molecule has 7 heteroatoms. The molecule has 0 spiro atoms. The molecule has 4 aromatic rings. The molecule has 1 amide bonds. The van der Waals surface area contributed by atoms with E-state index in [4.69, 9.17) is 0 Å². The van der Waals surface area contributed by atoms with Gasteiger partial charge in [-0.05, 0) is 45.9 Å². The second kappa shape index (κ2) is 6.92. The van der Waals surface area contributed by atoms with Crippen LogP contribution in [0.1, 0.15) is 34.4 Å². The first-order chi connectivity index (χ1) is 13.5. The summed E-state index contributed by atoms with van der Waals surface area (Å²) in [5, 5.41) is 12.8. The number of aryl methyl sites for hydroxylation is 4. The number of carbonyl (C=O) groups excluding carboxylic acids is 1. The molecule has 0 aliphatic rings. The van der Waals surface area contributed by atoms with Crippen LogP contribution in [-0.4, -0.2) is 30.5 Å². The smallest absolute Gasteiger partial charge is 0.257 e. The lowest BCUT2D eigenvalue weighted by molar-refractivity contribution is 0.102. The highest BCUT2D eigenvalue weighted by atomic mass is 16.1. The molecule has 0 aliphatic carbocycles. The van der Waals surface area contributed by atoms with Crippen molar-refractivity contribution in [3.63, 3.8) is 0 Å². The van der Waals surface area contributed by atoms with Gasteiger partial charge < -0.3 is 5.32 Å². The Labute approximate surface area is 163 Å². The highest BCUT2D eigenvalue weighted by Crippen LogP contribution is 2.25. The maximum absolute atomic E-state index is 13.1. The Morgan fingerprint density at radius 3 is 2.50 bits per heavy atom. The summed E-state index contributed by atoms with van der Waals surface area (Å²) in [5.41, 5.74) is 4.52. The van der Waals surface area contributed by atoms with Gasteiger partial charge in [-0.25, -0.2) is 14.3 Å². The lowest BCUT2D eigenvalue weighted by Crippen LogP contribution is -2.16. The van der Waals surface area contributed by atoms with Crippen molar-refractivity contribution in [1.29, 1.82) is 0 Å². The molecule has 4 rings (SSSR count). The van der Waals surface area contributed by atoms with Gasteiger partial charge in [0, 0.05) is 18.3 Å². The van der Waals surface area contributed by atoms with Crippen molar-refractivity contribution < 1.29 is 4.79 Å². The molecule has 0 fully saturated rings.